The molecule has 0 saturated carbocycles. The van der Waals surface area contributed by atoms with Gasteiger partial charge in [-0.05, 0) is 29.0 Å². The summed E-state index contributed by atoms with van der Waals surface area (Å²) in [7, 11) is 0. The lowest BCUT2D eigenvalue weighted by Crippen LogP contribution is -2.09. The second kappa shape index (κ2) is 6.98. The SMILES string of the molecule is CC(=O)Oc1ccccc1-n1nnnc1CCCC(=O)S. The Balaban J connectivity index is 2.24. The van der Waals surface area contributed by atoms with Crippen LogP contribution in [0.4, 0.5) is 0 Å². The highest BCUT2D eigenvalue weighted by Crippen LogP contribution is 2.23. The average Bonchev–Trinajstić information content (AvgIpc) is 2.86. The second-order valence-corrected chi connectivity index (χ2v) is 4.81. The monoisotopic (exact) mass is 306 g/mol. The summed E-state index contributed by atoms with van der Waals surface area (Å²) >= 11 is 3.72. The summed E-state index contributed by atoms with van der Waals surface area (Å²) in [4.78, 5) is 22.0. The van der Waals surface area contributed by atoms with Gasteiger partial charge in [0, 0.05) is 19.8 Å². The maximum atomic E-state index is 11.1. The van der Waals surface area contributed by atoms with Gasteiger partial charge in [-0.1, -0.05) is 12.1 Å². The molecule has 110 valence electrons. The van der Waals surface area contributed by atoms with Crippen LogP contribution in [0.1, 0.15) is 25.6 Å². The van der Waals surface area contributed by atoms with Crippen LogP contribution in [0.2, 0.25) is 0 Å². The van der Waals surface area contributed by atoms with Gasteiger partial charge >= 0.3 is 5.97 Å². The van der Waals surface area contributed by atoms with Gasteiger partial charge in [0.05, 0.1) is 0 Å². The van der Waals surface area contributed by atoms with Crippen molar-refractivity contribution in [3.8, 4) is 11.4 Å². The van der Waals surface area contributed by atoms with E-state index in [1.54, 1.807) is 24.3 Å². The summed E-state index contributed by atoms with van der Waals surface area (Å²) in [5, 5.41) is 11.3. The van der Waals surface area contributed by atoms with Crippen LogP contribution >= 0.6 is 12.6 Å². The zero-order valence-electron chi connectivity index (χ0n) is 11.4. The smallest absolute Gasteiger partial charge is 0.308 e. The van der Waals surface area contributed by atoms with Gasteiger partial charge in [-0.3, -0.25) is 9.59 Å². The number of thiol groups is 1. The summed E-state index contributed by atoms with van der Waals surface area (Å²) in [6, 6.07) is 6.97. The van der Waals surface area contributed by atoms with Crippen molar-refractivity contribution in [3.05, 3.63) is 30.1 Å². The first kappa shape index (κ1) is 15.2. The predicted molar refractivity (Wildman–Crippen MR) is 77.4 cm³/mol. The van der Waals surface area contributed by atoms with E-state index in [1.165, 1.54) is 11.6 Å². The van der Waals surface area contributed by atoms with Crippen molar-refractivity contribution in [3.63, 3.8) is 0 Å². The number of aryl methyl sites for hydroxylation is 1. The molecule has 1 aromatic carbocycles. The fourth-order valence-electron chi connectivity index (χ4n) is 1.82. The van der Waals surface area contributed by atoms with Crippen LogP contribution in [0, 0.1) is 0 Å². The molecule has 0 fully saturated rings. The first-order chi connectivity index (χ1) is 10.1. The van der Waals surface area contributed by atoms with Gasteiger partial charge in [0.1, 0.15) is 5.69 Å². The molecule has 0 aliphatic heterocycles. The highest BCUT2D eigenvalue weighted by atomic mass is 32.1. The molecule has 0 saturated heterocycles. The first-order valence-corrected chi connectivity index (χ1v) is 6.79. The van der Waals surface area contributed by atoms with Crippen LogP contribution in [-0.4, -0.2) is 31.3 Å². The van der Waals surface area contributed by atoms with Crippen molar-refractivity contribution < 1.29 is 14.3 Å². The van der Waals surface area contributed by atoms with Crippen molar-refractivity contribution in [1.82, 2.24) is 20.2 Å². The van der Waals surface area contributed by atoms with Crippen LogP contribution in [0.3, 0.4) is 0 Å². The number of nitrogens with zero attached hydrogens (tertiary/aromatic N) is 4. The first-order valence-electron chi connectivity index (χ1n) is 6.35. The number of ether oxygens (including phenoxy) is 1. The van der Waals surface area contributed by atoms with Crippen LogP contribution in [0.25, 0.3) is 5.69 Å². The summed E-state index contributed by atoms with van der Waals surface area (Å²) in [6.07, 6.45) is 1.47. The zero-order valence-corrected chi connectivity index (χ0v) is 12.3. The zero-order chi connectivity index (χ0) is 15.2. The third-order valence-corrected chi connectivity index (χ3v) is 2.90. The van der Waals surface area contributed by atoms with E-state index in [1.807, 2.05) is 0 Å². The van der Waals surface area contributed by atoms with Gasteiger partial charge < -0.3 is 4.74 Å². The van der Waals surface area contributed by atoms with Crippen LogP contribution in [0.15, 0.2) is 24.3 Å². The molecule has 0 spiro atoms. The van der Waals surface area contributed by atoms with Crippen molar-refractivity contribution in [2.45, 2.75) is 26.2 Å². The molecule has 0 unspecified atom stereocenters. The van der Waals surface area contributed by atoms with Gasteiger partial charge in [0.2, 0.25) is 0 Å². The van der Waals surface area contributed by atoms with E-state index in [2.05, 4.69) is 28.2 Å². The minimum atomic E-state index is -0.419. The summed E-state index contributed by atoms with van der Waals surface area (Å²) in [5.41, 5.74) is 0.574. The fraction of sp³-hybridized carbons (Fsp3) is 0.308. The maximum Gasteiger partial charge on any atom is 0.308 e. The number of aromatic nitrogens is 4. The van der Waals surface area contributed by atoms with Crippen LogP contribution in [-0.2, 0) is 16.0 Å². The Morgan fingerprint density at radius 2 is 2.10 bits per heavy atom. The molecule has 21 heavy (non-hydrogen) atoms. The topological polar surface area (TPSA) is 87.0 Å². The molecule has 1 aromatic heterocycles. The quantitative estimate of drug-likeness (QED) is 0.493. The summed E-state index contributed by atoms with van der Waals surface area (Å²) < 4.78 is 6.65. The van der Waals surface area contributed by atoms with E-state index < -0.39 is 5.97 Å². The van der Waals surface area contributed by atoms with Gasteiger partial charge in [0.25, 0.3) is 0 Å². The maximum absolute atomic E-state index is 11.1. The van der Waals surface area contributed by atoms with Crippen molar-refractivity contribution >= 4 is 23.7 Å². The Labute approximate surface area is 126 Å². The Hall–Kier alpha value is -2.22. The largest absolute Gasteiger partial charge is 0.424 e. The second-order valence-electron chi connectivity index (χ2n) is 4.32. The molecular formula is C13H14N4O3S. The Morgan fingerprint density at radius 1 is 1.33 bits per heavy atom. The van der Waals surface area contributed by atoms with E-state index in [9.17, 15) is 9.59 Å². The molecule has 0 amide bonds. The Bertz CT molecular complexity index is 656. The normalized spacial score (nSPS) is 10.4. The molecular weight excluding hydrogens is 292 g/mol. The summed E-state index contributed by atoms with van der Waals surface area (Å²) in [5.74, 6) is 0.547. The average molecular weight is 306 g/mol. The van der Waals surface area contributed by atoms with Gasteiger partial charge in [0.15, 0.2) is 16.7 Å². The lowest BCUT2D eigenvalue weighted by molar-refractivity contribution is -0.131. The van der Waals surface area contributed by atoms with E-state index in [4.69, 9.17) is 4.74 Å². The third kappa shape index (κ3) is 4.12. The predicted octanol–water partition coefficient (Wildman–Crippen LogP) is 1.37. The number of carbonyl (C=O) groups excluding carboxylic acids is 2. The molecule has 0 radical (unpaired) electrons. The van der Waals surface area contributed by atoms with Gasteiger partial charge in [-0.2, -0.15) is 4.68 Å². The number of benzene rings is 1. The lowest BCUT2D eigenvalue weighted by atomic mass is 10.2. The van der Waals surface area contributed by atoms with E-state index in [0.717, 1.165) is 0 Å². The molecule has 2 aromatic rings. The number of tetrazole rings is 1. The van der Waals surface area contributed by atoms with Crippen LogP contribution in [0.5, 0.6) is 5.75 Å². The number of esters is 1. The van der Waals surface area contributed by atoms with Crippen molar-refractivity contribution in [2.24, 2.45) is 0 Å². The van der Waals surface area contributed by atoms with Gasteiger partial charge in [-0.15, -0.1) is 17.7 Å². The molecule has 0 aliphatic rings. The molecule has 7 nitrogen and oxygen atoms in total. The molecule has 8 heteroatoms. The standard InChI is InChI=1S/C13H14N4O3S/c1-9(18)20-11-6-3-2-5-10(11)17-12(14-15-16-17)7-4-8-13(19)21/h2-3,5-6H,4,7-8H2,1H3,(H,19,21). The number of hydrogen-bond donors (Lipinski definition) is 1. The van der Waals surface area contributed by atoms with Gasteiger partial charge in [-0.25, -0.2) is 0 Å². The van der Waals surface area contributed by atoms with E-state index in [0.29, 0.717) is 36.5 Å². The minimum absolute atomic E-state index is 0.172. The summed E-state index contributed by atoms with van der Waals surface area (Å²) in [6.45, 7) is 1.33. The molecule has 0 N–H and O–H groups in total. The Kier molecular flexibility index (Phi) is 5.04. The number of rotatable bonds is 6. The number of hydrogen-bond acceptors (Lipinski definition) is 6. The highest BCUT2D eigenvalue weighted by Gasteiger charge is 2.14. The van der Waals surface area contributed by atoms with E-state index >= 15 is 0 Å². The molecule has 0 bridgehead atoms. The minimum Gasteiger partial charge on any atom is -0.424 e. The van der Waals surface area contributed by atoms with Crippen LogP contribution < -0.4 is 4.74 Å². The highest BCUT2D eigenvalue weighted by molar-refractivity contribution is 7.96. The lowest BCUT2D eigenvalue weighted by Gasteiger charge is -2.09. The number of para-hydroxylation sites is 2. The molecule has 2 rings (SSSR count). The van der Waals surface area contributed by atoms with Crippen molar-refractivity contribution in [2.75, 3.05) is 0 Å². The molecule has 0 atom stereocenters. The molecule has 0 aliphatic carbocycles. The number of carbonyl (C=O) groups is 2. The fourth-order valence-corrected chi connectivity index (χ4v) is 1.98. The van der Waals surface area contributed by atoms with Crippen molar-refractivity contribution in [1.29, 1.82) is 0 Å². The third-order valence-electron chi connectivity index (χ3n) is 2.67. The Morgan fingerprint density at radius 3 is 2.81 bits per heavy atom. The molecule has 1 heterocycles. The van der Waals surface area contributed by atoms with E-state index in [-0.39, 0.29) is 5.12 Å².